The van der Waals surface area contributed by atoms with Crippen molar-refractivity contribution in [2.45, 2.75) is 37.0 Å². The molecule has 9 heteroatoms. The molecule has 2 aromatic carbocycles. The van der Waals surface area contributed by atoms with Crippen LogP contribution < -0.4 is 10.2 Å². The predicted molar refractivity (Wildman–Crippen MR) is 131 cm³/mol. The van der Waals surface area contributed by atoms with E-state index in [-0.39, 0.29) is 17.7 Å². The average molecular weight is 487 g/mol. The van der Waals surface area contributed by atoms with Crippen LogP contribution in [0.3, 0.4) is 0 Å². The van der Waals surface area contributed by atoms with E-state index in [1.54, 1.807) is 11.8 Å². The van der Waals surface area contributed by atoms with Gasteiger partial charge in [0.1, 0.15) is 5.01 Å². The first kappa shape index (κ1) is 22.8. The van der Waals surface area contributed by atoms with Crippen molar-refractivity contribution in [1.29, 1.82) is 0 Å². The third kappa shape index (κ3) is 5.49. The standard InChI is InChI=1S/C23H23ClN4O2S2/c1-2-15-5-3-4-6-19(15)28-14-16(13-21(28)30)22-26-27-23(32-22)25-20(29)11-12-31-18-9-7-17(24)8-10-18/h3-10,16H,2,11-14H2,1H3,(H,25,27,29). The third-order valence-corrected chi connectivity index (χ3v) is 7.50. The fourth-order valence-corrected chi connectivity index (χ4v) is 5.43. The maximum atomic E-state index is 12.7. The zero-order chi connectivity index (χ0) is 22.5. The zero-order valence-electron chi connectivity index (χ0n) is 17.6. The minimum Gasteiger partial charge on any atom is -0.311 e. The van der Waals surface area contributed by atoms with Crippen LogP contribution in [-0.2, 0) is 16.0 Å². The number of thioether (sulfide) groups is 1. The first-order valence-electron chi connectivity index (χ1n) is 10.4. The van der Waals surface area contributed by atoms with Gasteiger partial charge in [0.15, 0.2) is 0 Å². The Morgan fingerprint density at radius 2 is 2.00 bits per heavy atom. The van der Waals surface area contributed by atoms with Crippen LogP contribution in [0.15, 0.2) is 53.4 Å². The van der Waals surface area contributed by atoms with E-state index in [1.807, 2.05) is 47.4 Å². The summed E-state index contributed by atoms with van der Waals surface area (Å²) in [7, 11) is 0. The number of hydrogen-bond acceptors (Lipinski definition) is 6. The van der Waals surface area contributed by atoms with Crippen LogP contribution in [-0.4, -0.2) is 34.3 Å². The lowest BCUT2D eigenvalue weighted by Crippen LogP contribution is -2.25. The van der Waals surface area contributed by atoms with Crippen molar-refractivity contribution in [2.24, 2.45) is 0 Å². The SMILES string of the molecule is CCc1ccccc1N1CC(c2nnc(NC(=O)CCSc3ccc(Cl)cc3)s2)CC1=O. The molecule has 2 amide bonds. The maximum absolute atomic E-state index is 12.7. The Kier molecular flexibility index (Phi) is 7.44. The van der Waals surface area contributed by atoms with Gasteiger partial charge in [-0.15, -0.1) is 22.0 Å². The number of anilines is 2. The topological polar surface area (TPSA) is 75.2 Å². The molecule has 32 heavy (non-hydrogen) atoms. The second-order valence-electron chi connectivity index (χ2n) is 7.43. The van der Waals surface area contributed by atoms with E-state index in [2.05, 4.69) is 28.5 Å². The van der Waals surface area contributed by atoms with Crippen molar-refractivity contribution >= 4 is 57.3 Å². The summed E-state index contributed by atoms with van der Waals surface area (Å²) in [5, 5.41) is 13.1. The van der Waals surface area contributed by atoms with E-state index in [0.717, 1.165) is 27.6 Å². The molecular formula is C23H23ClN4O2S2. The molecule has 1 unspecified atom stereocenters. The van der Waals surface area contributed by atoms with Gasteiger partial charge in [0.2, 0.25) is 16.9 Å². The van der Waals surface area contributed by atoms with Gasteiger partial charge in [0.05, 0.1) is 0 Å². The van der Waals surface area contributed by atoms with Gasteiger partial charge in [-0.25, -0.2) is 0 Å². The molecule has 1 fully saturated rings. The first-order chi connectivity index (χ1) is 15.5. The van der Waals surface area contributed by atoms with Crippen molar-refractivity contribution in [3.63, 3.8) is 0 Å². The van der Waals surface area contributed by atoms with Crippen molar-refractivity contribution < 1.29 is 9.59 Å². The Bertz CT molecular complexity index is 1100. The number of nitrogens with zero attached hydrogens (tertiary/aromatic N) is 3. The van der Waals surface area contributed by atoms with Gasteiger partial charge in [-0.2, -0.15) is 0 Å². The number of nitrogens with one attached hydrogen (secondary N) is 1. The van der Waals surface area contributed by atoms with E-state index in [1.165, 1.54) is 11.3 Å². The summed E-state index contributed by atoms with van der Waals surface area (Å²) in [4.78, 5) is 27.9. The second kappa shape index (κ2) is 10.5. The van der Waals surface area contributed by atoms with Crippen molar-refractivity contribution in [3.8, 4) is 0 Å². The summed E-state index contributed by atoms with van der Waals surface area (Å²) < 4.78 is 0. The highest BCUT2D eigenvalue weighted by molar-refractivity contribution is 7.99. The summed E-state index contributed by atoms with van der Waals surface area (Å²) in [5.74, 6) is 0.629. The molecule has 0 radical (unpaired) electrons. The summed E-state index contributed by atoms with van der Waals surface area (Å²) in [6, 6.07) is 15.5. The number of amides is 2. The van der Waals surface area contributed by atoms with Gasteiger partial charge in [-0.05, 0) is 42.3 Å². The predicted octanol–water partition coefficient (Wildman–Crippen LogP) is 5.40. The number of hydrogen-bond donors (Lipinski definition) is 1. The molecule has 1 aromatic heterocycles. The van der Waals surface area contributed by atoms with Gasteiger partial charge in [0, 0.05) is 46.7 Å². The van der Waals surface area contributed by atoms with Gasteiger partial charge in [-0.1, -0.05) is 48.1 Å². The number of rotatable bonds is 8. The molecule has 0 spiro atoms. The highest BCUT2D eigenvalue weighted by atomic mass is 35.5. The normalized spacial score (nSPS) is 15.9. The molecule has 0 bridgehead atoms. The molecule has 1 aliphatic heterocycles. The second-order valence-corrected chi connectivity index (χ2v) is 10.0. The number of halogens is 1. The Balaban J connectivity index is 1.31. The van der Waals surface area contributed by atoms with Crippen LogP contribution in [0.1, 0.15) is 36.3 Å². The number of aromatic nitrogens is 2. The number of carbonyl (C=O) groups excluding carboxylic acids is 2. The molecule has 1 N–H and O–H groups in total. The van der Waals surface area contributed by atoms with Crippen LogP contribution in [0.2, 0.25) is 5.02 Å². The number of aryl methyl sites for hydroxylation is 1. The van der Waals surface area contributed by atoms with Crippen molar-refractivity contribution in [3.05, 3.63) is 64.1 Å². The first-order valence-corrected chi connectivity index (χ1v) is 12.6. The lowest BCUT2D eigenvalue weighted by atomic mass is 10.1. The molecule has 0 aliphatic carbocycles. The van der Waals surface area contributed by atoms with Crippen LogP contribution in [0.5, 0.6) is 0 Å². The molecule has 1 saturated heterocycles. The Morgan fingerprint density at radius 1 is 1.22 bits per heavy atom. The molecule has 3 aromatic rings. The van der Waals surface area contributed by atoms with E-state index < -0.39 is 0 Å². The van der Waals surface area contributed by atoms with Crippen molar-refractivity contribution in [2.75, 3.05) is 22.5 Å². The Morgan fingerprint density at radius 3 is 2.78 bits per heavy atom. The highest BCUT2D eigenvalue weighted by Crippen LogP contribution is 2.35. The average Bonchev–Trinajstić information content (AvgIpc) is 3.41. The molecule has 166 valence electrons. The Hall–Kier alpha value is -2.42. The molecule has 4 rings (SSSR count). The largest absolute Gasteiger partial charge is 0.311 e. The van der Waals surface area contributed by atoms with Crippen molar-refractivity contribution in [1.82, 2.24) is 10.2 Å². The van der Waals surface area contributed by atoms with E-state index in [4.69, 9.17) is 11.6 Å². The molecule has 2 heterocycles. The smallest absolute Gasteiger partial charge is 0.227 e. The fourth-order valence-electron chi connectivity index (χ4n) is 3.60. The monoisotopic (exact) mass is 486 g/mol. The Labute approximate surface area is 200 Å². The summed E-state index contributed by atoms with van der Waals surface area (Å²) in [5.41, 5.74) is 2.13. The molecule has 6 nitrogen and oxygen atoms in total. The molecule has 1 atom stereocenters. The van der Waals surface area contributed by atoms with Gasteiger partial charge < -0.3 is 10.2 Å². The fraction of sp³-hybridized carbons (Fsp3) is 0.304. The van der Waals surface area contributed by atoms with Gasteiger partial charge in [-0.3, -0.25) is 9.59 Å². The molecule has 0 saturated carbocycles. The van der Waals surface area contributed by atoms with Crippen LogP contribution >= 0.6 is 34.7 Å². The number of carbonyl (C=O) groups is 2. The summed E-state index contributed by atoms with van der Waals surface area (Å²) >= 11 is 8.83. The van der Waals surface area contributed by atoms with E-state index in [0.29, 0.717) is 35.3 Å². The zero-order valence-corrected chi connectivity index (χ0v) is 20.0. The molecule has 1 aliphatic rings. The summed E-state index contributed by atoms with van der Waals surface area (Å²) in [6.45, 7) is 2.67. The molecular weight excluding hydrogens is 464 g/mol. The quantitative estimate of drug-likeness (QED) is 0.432. The van der Waals surface area contributed by atoms with E-state index in [9.17, 15) is 9.59 Å². The van der Waals surface area contributed by atoms with Crippen LogP contribution in [0, 0.1) is 0 Å². The van der Waals surface area contributed by atoms with Crippen LogP contribution in [0.25, 0.3) is 0 Å². The number of benzene rings is 2. The minimum atomic E-state index is -0.102. The third-order valence-electron chi connectivity index (χ3n) is 5.24. The van der Waals surface area contributed by atoms with Crippen LogP contribution in [0.4, 0.5) is 10.8 Å². The maximum Gasteiger partial charge on any atom is 0.227 e. The highest BCUT2D eigenvalue weighted by Gasteiger charge is 2.34. The van der Waals surface area contributed by atoms with E-state index >= 15 is 0 Å². The lowest BCUT2D eigenvalue weighted by Gasteiger charge is -2.19. The van der Waals surface area contributed by atoms with Gasteiger partial charge >= 0.3 is 0 Å². The minimum absolute atomic E-state index is 0.0176. The lowest BCUT2D eigenvalue weighted by molar-refractivity contribution is -0.117. The van der Waals surface area contributed by atoms with Gasteiger partial charge in [0.25, 0.3) is 0 Å². The summed E-state index contributed by atoms with van der Waals surface area (Å²) in [6.07, 6.45) is 1.64. The number of para-hydroxylation sites is 1.